The van der Waals surface area contributed by atoms with Crippen LogP contribution in [0, 0.1) is 5.92 Å². The van der Waals surface area contributed by atoms with Crippen molar-refractivity contribution < 1.29 is 0 Å². The molecule has 2 nitrogen and oxygen atoms in total. The molecular weight excluding hydrogens is 248 g/mol. The van der Waals surface area contributed by atoms with Crippen molar-refractivity contribution in [2.75, 3.05) is 25.1 Å². The van der Waals surface area contributed by atoms with Crippen molar-refractivity contribution in [3.05, 3.63) is 0 Å². The van der Waals surface area contributed by atoms with Crippen molar-refractivity contribution in [1.82, 2.24) is 5.32 Å². The Hall–Kier alpha value is 0.170. The molecule has 0 aromatic carbocycles. The zero-order valence-corrected chi connectivity index (χ0v) is 13.0. The Bertz CT molecular complexity index is 229. The van der Waals surface area contributed by atoms with E-state index in [1.807, 2.05) is 23.5 Å². The van der Waals surface area contributed by atoms with E-state index in [-0.39, 0.29) is 0 Å². The molecule has 1 unspecified atom stereocenters. The normalized spacial score (nSPS) is 19.8. The second-order valence-electron chi connectivity index (χ2n) is 5.00. The summed E-state index contributed by atoms with van der Waals surface area (Å²) in [6, 6.07) is 0. The summed E-state index contributed by atoms with van der Waals surface area (Å²) in [5.41, 5.74) is 0. The molecule has 0 saturated heterocycles. The van der Waals surface area contributed by atoms with Crippen molar-refractivity contribution in [3.63, 3.8) is 0 Å². The molecule has 17 heavy (non-hydrogen) atoms. The van der Waals surface area contributed by atoms with Crippen molar-refractivity contribution in [2.24, 2.45) is 10.9 Å². The summed E-state index contributed by atoms with van der Waals surface area (Å²) in [4.78, 5) is 4.57. The Morgan fingerprint density at radius 2 is 2.24 bits per heavy atom. The fraction of sp³-hybridized carbons (Fsp3) is 0.923. The molecule has 4 heteroatoms. The number of unbranched alkanes of at least 4 members (excludes halogenated alkanes) is 2. The van der Waals surface area contributed by atoms with Crippen molar-refractivity contribution in [3.8, 4) is 0 Å². The van der Waals surface area contributed by atoms with Gasteiger partial charge < -0.3 is 5.32 Å². The minimum absolute atomic E-state index is 0.717. The highest BCUT2D eigenvalue weighted by Crippen LogP contribution is 2.25. The van der Waals surface area contributed by atoms with Gasteiger partial charge in [-0.05, 0) is 37.2 Å². The minimum Gasteiger partial charge on any atom is -0.365 e. The first kappa shape index (κ1) is 15.2. The Morgan fingerprint density at radius 3 is 2.94 bits per heavy atom. The molecule has 0 amide bonds. The van der Waals surface area contributed by atoms with E-state index in [0.29, 0.717) is 5.25 Å². The van der Waals surface area contributed by atoms with Crippen molar-refractivity contribution in [2.45, 2.75) is 44.8 Å². The maximum absolute atomic E-state index is 4.57. The molecule has 1 atom stereocenters. The van der Waals surface area contributed by atoms with E-state index >= 15 is 0 Å². The fourth-order valence-corrected chi connectivity index (χ4v) is 3.68. The topological polar surface area (TPSA) is 24.4 Å². The van der Waals surface area contributed by atoms with E-state index in [4.69, 9.17) is 0 Å². The standard InChI is InChI=1S/C13H26N2S2/c1-11(2)9-12-10-15-13(17-12)14-7-5-4-6-8-16-3/h11-12H,4-10H2,1-3H3,(H,14,15). The van der Waals surface area contributed by atoms with Gasteiger partial charge in [-0.15, -0.1) is 0 Å². The molecule has 0 aromatic heterocycles. The monoisotopic (exact) mass is 274 g/mol. The first-order valence-electron chi connectivity index (χ1n) is 6.66. The van der Waals surface area contributed by atoms with E-state index < -0.39 is 0 Å². The van der Waals surface area contributed by atoms with E-state index in [1.54, 1.807) is 0 Å². The first-order valence-corrected chi connectivity index (χ1v) is 8.93. The molecule has 0 aromatic rings. The van der Waals surface area contributed by atoms with E-state index in [1.165, 1.54) is 36.6 Å². The molecular formula is C13H26N2S2. The first-order chi connectivity index (χ1) is 8.22. The third-order valence-electron chi connectivity index (χ3n) is 2.75. The number of nitrogens with one attached hydrogen (secondary N) is 1. The number of thioether (sulfide) groups is 2. The maximum atomic E-state index is 4.57. The van der Waals surface area contributed by atoms with Crippen LogP contribution in [0.3, 0.4) is 0 Å². The maximum Gasteiger partial charge on any atom is 0.156 e. The summed E-state index contributed by atoms with van der Waals surface area (Å²) in [6.07, 6.45) is 7.42. The predicted octanol–water partition coefficient (Wildman–Crippen LogP) is 3.63. The Labute approximate surface area is 115 Å². The van der Waals surface area contributed by atoms with Gasteiger partial charge in [0.15, 0.2) is 5.17 Å². The molecule has 1 N–H and O–H groups in total. The highest BCUT2D eigenvalue weighted by molar-refractivity contribution is 8.14. The van der Waals surface area contributed by atoms with Crippen LogP contribution in [0.15, 0.2) is 4.99 Å². The van der Waals surface area contributed by atoms with Crippen LogP contribution in [0.25, 0.3) is 0 Å². The van der Waals surface area contributed by atoms with E-state index in [2.05, 4.69) is 30.4 Å². The van der Waals surface area contributed by atoms with Crippen LogP contribution >= 0.6 is 23.5 Å². The molecule has 0 aliphatic carbocycles. The van der Waals surface area contributed by atoms with E-state index in [0.717, 1.165) is 19.0 Å². The Morgan fingerprint density at radius 1 is 1.41 bits per heavy atom. The molecule has 0 radical (unpaired) electrons. The number of nitrogens with zero attached hydrogens (tertiary/aromatic N) is 1. The number of rotatable bonds is 8. The predicted molar refractivity (Wildman–Crippen MR) is 83.4 cm³/mol. The number of amidine groups is 1. The van der Waals surface area contributed by atoms with Gasteiger partial charge in [0.1, 0.15) is 0 Å². The summed E-state index contributed by atoms with van der Waals surface area (Å²) >= 11 is 3.88. The van der Waals surface area contributed by atoms with Gasteiger partial charge in [-0.1, -0.05) is 32.0 Å². The zero-order chi connectivity index (χ0) is 12.5. The molecule has 1 heterocycles. The van der Waals surface area contributed by atoms with Gasteiger partial charge in [-0.25, -0.2) is 0 Å². The lowest BCUT2D eigenvalue weighted by molar-refractivity contribution is 0.575. The van der Waals surface area contributed by atoms with Crippen LogP contribution in [0.1, 0.15) is 39.5 Å². The van der Waals surface area contributed by atoms with Gasteiger partial charge >= 0.3 is 0 Å². The van der Waals surface area contributed by atoms with Crippen molar-refractivity contribution in [1.29, 1.82) is 0 Å². The summed E-state index contributed by atoms with van der Waals surface area (Å²) in [6.45, 7) is 6.68. The highest BCUT2D eigenvalue weighted by atomic mass is 32.2. The van der Waals surface area contributed by atoms with Crippen LogP contribution in [0.2, 0.25) is 0 Å². The van der Waals surface area contributed by atoms with Gasteiger partial charge in [0, 0.05) is 11.8 Å². The van der Waals surface area contributed by atoms with E-state index in [9.17, 15) is 0 Å². The summed E-state index contributed by atoms with van der Waals surface area (Å²) in [7, 11) is 0. The average Bonchev–Trinajstić information content (AvgIpc) is 2.70. The smallest absolute Gasteiger partial charge is 0.156 e. The summed E-state index contributed by atoms with van der Waals surface area (Å²) in [5, 5.41) is 5.37. The number of aliphatic imine (C=N–C) groups is 1. The van der Waals surface area contributed by atoms with Crippen LogP contribution in [-0.4, -0.2) is 35.5 Å². The van der Waals surface area contributed by atoms with Gasteiger partial charge in [0.25, 0.3) is 0 Å². The van der Waals surface area contributed by atoms with Crippen LogP contribution in [0.5, 0.6) is 0 Å². The number of hydrogen-bond acceptors (Lipinski definition) is 4. The van der Waals surface area contributed by atoms with Gasteiger partial charge in [-0.3, -0.25) is 4.99 Å². The van der Waals surface area contributed by atoms with Gasteiger partial charge in [0.05, 0.1) is 6.54 Å². The van der Waals surface area contributed by atoms with Crippen molar-refractivity contribution >= 4 is 28.7 Å². The third-order valence-corrected chi connectivity index (χ3v) is 4.62. The van der Waals surface area contributed by atoms with Gasteiger partial charge in [0.2, 0.25) is 0 Å². The molecule has 0 bridgehead atoms. The molecule has 1 aliphatic heterocycles. The molecule has 100 valence electrons. The number of hydrogen-bond donors (Lipinski definition) is 1. The molecule has 1 aliphatic rings. The second-order valence-corrected chi connectivity index (χ2v) is 7.27. The lowest BCUT2D eigenvalue weighted by Crippen LogP contribution is -2.20. The zero-order valence-electron chi connectivity index (χ0n) is 11.4. The van der Waals surface area contributed by atoms with Crippen LogP contribution < -0.4 is 5.32 Å². The summed E-state index contributed by atoms with van der Waals surface area (Å²) < 4.78 is 0. The second kappa shape index (κ2) is 9.15. The Balaban J connectivity index is 1.98. The quantitative estimate of drug-likeness (QED) is 0.684. The molecule has 0 fully saturated rings. The minimum atomic E-state index is 0.717. The van der Waals surface area contributed by atoms with Gasteiger partial charge in [-0.2, -0.15) is 11.8 Å². The lowest BCUT2D eigenvalue weighted by atomic mass is 10.1. The van der Waals surface area contributed by atoms with Crippen LogP contribution in [-0.2, 0) is 0 Å². The third kappa shape index (κ3) is 7.24. The summed E-state index contributed by atoms with van der Waals surface area (Å²) in [5.74, 6) is 2.08. The fourth-order valence-electron chi connectivity index (χ4n) is 1.91. The molecule has 0 saturated carbocycles. The molecule has 1 rings (SSSR count). The SMILES string of the molecule is CSCCCCCNC1=NCC(CC(C)C)S1. The molecule has 0 spiro atoms. The van der Waals surface area contributed by atoms with Crippen LogP contribution in [0.4, 0.5) is 0 Å². The average molecular weight is 274 g/mol. The Kier molecular flexibility index (Phi) is 8.19. The lowest BCUT2D eigenvalue weighted by Gasteiger charge is -2.11. The largest absolute Gasteiger partial charge is 0.365 e. The highest BCUT2D eigenvalue weighted by Gasteiger charge is 2.19.